The van der Waals surface area contributed by atoms with Crippen molar-refractivity contribution in [3.05, 3.63) is 29.6 Å². The summed E-state index contributed by atoms with van der Waals surface area (Å²) in [6.07, 6.45) is -4.36. The summed E-state index contributed by atoms with van der Waals surface area (Å²) in [6, 6.07) is 1.83. The van der Waals surface area contributed by atoms with E-state index in [0.29, 0.717) is 13.1 Å². The zero-order valence-corrected chi connectivity index (χ0v) is 12.2. The van der Waals surface area contributed by atoms with Gasteiger partial charge in [0.15, 0.2) is 6.61 Å². The molecule has 24 heavy (non-hydrogen) atoms. The van der Waals surface area contributed by atoms with Crippen molar-refractivity contribution in [3.63, 3.8) is 0 Å². The molecule has 3 heterocycles. The van der Waals surface area contributed by atoms with Gasteiger partial charge >= 0.3 is 12.3 Å². The quantitative estimate of drug-likeness (QED) is 0.823. The predicted molar refractivity (Wildman–Crippen MR) is 71.7 cm³/mol. The number of hydrogen-bond donors (Lipinski definition) is 0. The number of alkyl halides is 3. The summed E-state index contributed by atoms with van der Waals surface area (Å²) in [5.74, 6) is -0.939. The fraction of sp³-hybridized carbons (Fsp3) is 0.429. The molecule has 0 N–H and O–H groups in total. The minimum absolute atomic E-state index is 0.0538. The molecule has 2 saturated heterocycles. The van der Waals surface area contributed by atoms with Gasteiger partial charge in [-0.1, -0.05) is 0 Å². The number of pyridine rings is 1. The maximum Gasteiger partial charge on any atom is 0.433 e. The van der Waals surface area contributed by atoms with Gasteiger partial charge in [-0.25, -0.2) is 9.69 Å². The number of amides is 3. The smallest absolute Gasteiger partial charge is 0.433 e. The van der Waals surface area contributed by atoms with Crippen molar-refractivity contribution < 1.29 is 32.3 Å². The Bertz CT molecular complexity index is 668. The van der Waals surface area contributed by atoms with E-state index in [2.05, 4.69) is 9.72 Å². The normalized spacial score (nSPS) is 18.6. The van der Waals surface area contributed by atoms with E-state index >= 15 is 0 Å². The third-order valence-corrected chi connectivity index (χ3v) is 3.83. The Hall–Kier alpha value is -2.65. The van der Waals surface area contributed by atoms with Crippen LogP contribution in [0.25, 0.3) is 0 Å². The van der Waals surface area contributed by atoms with E-state index in [1.54, 1.807) is 0 Å². The summed E-state index contributed by atoms with van der Waals surface area (Å²) in [4.78, 5) is 40.5. The summed E-state index contributed by atoms with van der Waals surface area (Å²) in [5.41, 5.74) is -1.01. The first-order valence-corrected chi connectivity index (χ1v) is 7.05. The Morgan fingerprint density at radius 3 is 2.50 bits per heavy atom. The van der Waals surface area contributed by atoms with Crippen molar-refractivity contribution in [2.24, 2.45) is 5.92 Å². The summed E-state index contributed by atoms with van der Waals surface area (Å²) < 4.78 is 41.9. The molecule has 3 rings (SSSR count). The molecule has 0 aliphatic carbocycles. The Kier molecular flexibility index (Phi) is 3.90. The SMILES string of the molecule is O=C(c1ccc(C(F)(F)F)nc1)N1CC(CN2C(=O)COC2=O)C1. The van der Waals surface area contributed by atoms with Gasteiger partial charge in [-0.2, -0.15) is 13.2 Å². The number of rotatable bonds is 3. The first-order chi connectivity index (χ1) is 11.3. The van der Waals surface area contributed by atoms with Gasteiger partial charge in [-0.3, -0.25) is 14.6 Å². The van der Waals surface area contributed by atoms with Crippen molar-refractivity contribution in [2.45, 2.75) is 6.18 Å². The van der Waals surface area contributed by atoms with Crippen LogP contribution in [0, 0.1) is 5.92 Å². The van der Waals surface area contributed by atoms with Crippen LogP contribution in [0.1, 0.15) is 16.1 Å². The number of halogens is 3. The minimum Gasteiger partial charge on any atom is -0.439 e. The van der Waals surface area contributed by atoms with E-state index < -0.39 is 29.8 Å². The van der Waals surface area contributed by atoms with Crippen LogP contribution in [0.3, 0.4) is 0 Å². The molecule has 1 aromatic rings. The lowest BCUT2D eigenvalue weighted by Crippen LogP contribution is -2.54. The standard InChI is InChI=1S/C14H12F3N3O4/c15-14(16,17)10-2-1-9(3-18-10)12(22)19-4-8(5-19)6-20-11(21)7-24-13(20)23/h1-3,8H,4-7H2. The molecule has 0 aromatic carbocycles. The molecule has 1 aromatic heterocycles. The summed E-state index contributed by atoms with van der Waals surface area (Å²) in [7, 11) is 0. The van der Waals surface area contributed by atoms with E-state index in [9.17, 15) is 27.6 Å². The minimum atomic E-state index is -4.56. The second kappa shape index (κ2) is 5.77. The van der Waals surface area contributed by atoms with Gasteiger partial charge in [0.2, 0.25) is 0 Å². The molecular formula is C14H12F3N3O4. The molecule has 0 bridgehead atoms. The number of aromatic nitrogens is 1. The molecule has 0 radical (unpaired) electrons. The number of carbonyl (C=O) groups is 3. The maximum atomic E-state index is 12.4. The molecule has 2 fully saturated rings. The number of ether oxygens (including phenoxy) is 1. The highest BCUT2D eigenvalue weighted by Crippen LogP contribution is 2.28. The van der Waals surface area contributed by atoms with Gasteiger partial charge in [-0.15, -0.1) is 0 Å². The second-order valence-electron chi connectivity index (χ2n) is 5.56. The molecule has 7 nitrogen and oxygen atoms in total. The molecule has 0 spiro atoms. The summed E-state index contributed by atoms with van der Waals surface area (Å²) in [5, 5.41) is 0. The van der Waals surface area contributed by atoms with Gasteiger partial charge in [0.05, 0.1) is 5.56 Å². The number of cyclic esters (lactones) is 1. The topological polar surface area (TPSA) is 79.8 Å². The third kappa shape index (κ3) is 3.03. The van der Waals surface area contributed by atoms with Crippen molar-refractivity contribution in [1.29, 1.82) is 0 Å². The molecule has 0 saturated carbocycles. The zero-order valence-electron chi connectivity index (χ0n) is 12.2. The van der Waals surface area contributed by atoms with Crippen LogP contribution in [0.4, 0.5) is 18.0 Å². The van der Waals surface area contributed by atoms with Crippen molar-refractivity contribution >= 4 is 17.9 Å². The fourth-order valence-electron chi connectivity index (χ4n) is 2.54. The molecule has 0 unspecified atom stereocenters. The van der Waals surface area contributed by atoms with Crippen LogP contribution in [-0.4, -0.2) is 58.9 Å². The van der Waals surface area contributed by atoms with E-state index in [1.165, 1.54) is 4.90 Å². The van der Waals surface area contributed by atoms with E-state index in [1.807, 2.05) is 0 Å². The Balaban J connectivity index is 1.55. The van der Waals surface area contributed by atoms with Gasteiger partial charge in [0, 0.05) is 31.7 Å². The van der Waals surface area contributed by atoms with Crippen LogP contribution in [0.5, 0.6) is 0 Å². The maximum absolute atomic E-state index is 12.4. The highest BCUT2D eigenvalue weighted by atomic mass is 19.4. The molecule has 10 heteroatoms. The molecule has 2 aliphatic heterocycles. The lowest BCUT2D eigenvalue weighted by Gasteiger charge is -2.40. The number of likely N-dealkylation sites (tertiary alicyclic amines) is 1. The third-order valence-electron chi connectivity index (χ3n) is 3.83. The zero-order chi connectivity index (χ0) is 17.5. The monoisotopic (exact) mass is 343 g/mol. The van der Waals surface area contributed by atoms with Crippen LogP contribution < -0.4 is 0 Å². The average molecular weight is 343 g/mol. The van der Waals surface area contributed by atoms with Crippen LogP contribution >= 0.6 is 0 Å². The van der Waals surface area contributed by atoms with Crippen LogP contribution in [0.2, 0.25) is 0 Å². The molecule has 0 atom stereocenters. The first-order valence-electron chi connectivity index (χ1n) is 7.05. The van der Waals surface area contributed by atoms with Crippen LogP contribution in [-0.2, 0) is 15.7 Å². The van der Waals surface area contributed by atoms with Gasteiger partial charge < -0.3 is 9.64 Å². The fourth-order valence-corrected chi connectivity index (χ4v) is 2.54. The predicted octanol–water partition coefficient (Wildman–Crippen LogP) is 1.15. The lowest BCUT2D eigenvalue weighted by atomic mass is 9.98. The number of carbonyl (C=O) groups excluding carboxylic acids is 3. The molecule has 3 amide bonds. The number of hydrogen-bond acceptors (Lipinski definition) is 5. The van der Waals surface area contributed by atoms with Gasteiger partial charge in [0.25, 0.3) is 11.8 Å². The van der Waals surface area contributed by atoms with E-state index in [4.69, 9.17) is 0 Å². The van der Waals surface area contributed by atoms with E-state index in [0.717, 1.165) is 23.2 Å². The van der Waals surface area contributed by atoms with Crippen molar-refractivity contribution in [2.75, 3.05) is 26.2 Å². The Labute approximate surface area is 134 Å². The lowest BCUT2D eigenvalue weighted by molar-refractivity contribution is -0.141. The van der Waals surface area contributed by atoms with E-state index in [-0.39, 0.29) is 24.6 Å². The Morgan fingerprint density at radius 2 is 2.00 bits per heavy atom. The molecular weight excluding hydrogens is 331 g/mol. The Morgan fingerprint density at radius 1 is 1.29 bits per heavy atom. The second-order valence-corrected chi connectivity index (χ2v) is 5.56. The molecule has 2 aliphatic rings. The largest absolute Gasteiger partial charge is 0.439 e. The van der Waals surface area contributed by atoms with Crippen molar-refractivity contribution in [3.8, 4) is 0 Å². The van der Waals surface area contributed by atoms with Crippen molar-refractivity contribution in [1.82, 2.24) is 14.8 Å². The summed E-state index contributed by atoms with van der Waals surface area (Å²) >= 11 is 0. The highest BCUT2D eigenvalue weighted by Gasteiger charge is 2.39. The number of nitrogens with zero attached hydrogens (tertiary/aromatic N) is 3. The van der Waals surface area contributed by atoms with Gasteiger partial charge in [-0.05, 0) is 12.1 Å². The van der Waals surface area contributed by atoms with Crippen LogP contribution in [0.15, 0.2) is 18.3 Å². The molecule has 128 valence electrons. The number of imide groups is 1. The summed E-state index contributed by atoms with van der Waals surface area (Å²) in [6.45, 7) is 0.492. The highest BCUT2D eigenvalue weighted by molar-refractivity contribution is 5.98. The average Bonchev–Trinajstić information content (AvgIpc) is 2.80. The van der Waals surface area contributed by atoms with Gasteiger partial charge in [0.1, 0.15) is 5.69 Å². The first kappa shape index (κ1) is 16.2.